The summed E-state index contributed by atoms with van der Waals surface area (Å²) < 4.78 is 13.2. The Hall–Kier alpha value is -6.49. The lowest BCUT2D eigenvalue weighted by Gasteiger charge is -2.37. The van der Waals surface area contributed by atoms with Gasteiger partial charge in [0.25, 0.3) is 5.91 Å². The van der Waals surface area contributed by atoms with Crippen molar-refractivity contribution < 1.29 is 43.3 Å². The predicted octanol–water partition coefficient (Wildman–Crippen LogP) is 5.09. The second-order valence-corrected chi connectivity index (χ2v) is 20.1. The van der Waals surface area contributed by atoms with Crippen molar-refractivity contribution in [3.8, 4) is 28.1 Å². The Balaban J connectivity index is 1.13. The number of fused-ring (bicyclic) bond motifs is 6. The number of hydrogen-bond acceptors (Lipinski definition) is 11. The quantitative estimate of drug-likeness (QED) is 0.150. The minimum atomic E-state index is -1.19. The topological polar surface area (TPSA) is 196 Å². The molecule has 0 unspecified atom stereocenters. The molecule has 0 radical (unpaired) electrons. The van der Waals surface area contributed by atoms with E-state index in [4.69, 9.17) is 9.47 Å². The van der Waals surface area contributed by atoms with Crippen molar-refractivity contribution in [3.63, 3.8) is 0 Å². The molecule has 4 aliphatic rings. The zero-order chi connectivity index (χ0) is 49.5. The number of hydrogen-bond donors (Lipinski definition) is 3. The number of aromatic nitrogens is 2. The molecular formula is C52H66N8O9. The molecule has 0 aliphatic carbocycles. The monoisotopic (exact) mass is 946 g/mol. The number of benzene rings is 2. The van der Waals surface area contributed by atoms with Crippen molar-refractivity contribution in [2.45, 2.75) is 111 Å². The molecular weight excluding hydrogens is 881 g/mol. The largest absolute Gasteiger partial charge is 0.508 e. The third-order valence-corrected chi connectivity index (χ3v) is 14.2. The lowest BCUT2D eigenvalue weighted by atomic mass is 9.84. The number of ether oxygens (including phenoxy) is 2. The van der Waals surface area contributed by atoms with Gasteiger partial charge in [-0.25, -0.2) is 15.0 Å². The van der Waals surface area contributed by atoms with Crippen LogP contribution in [0.5, 0.6) is 5.75 Å². The standard InChI is InChI=1S/C52H66N8O9/c1-9-32-15-17-53-26-39(32)45-38-25-52(5,6)29-69-49(65)40-12-11-18-60(55-40)48(64)41(22-31-20-35(23-36(61)21-31)33-13-14-42(37(38)24-33)58(45)10-2)54-46(62)44(30(3)4)56(7)47(63)34-16-19-57(27-34)51(67)59-28-43(59)50(66)68-8/h13-15,17,20-21,23-24,26,30,34,40-41,43-44,55,61H,9-12,16,18-19,22,25,27-29H2,1-8H3,(H,54,62)/t34-,40-,41-,43-,44-,59?/m0/s1. The fourth-order valence-corrected chi connectivity index (χ4v) is 10.6. The fourth-order valence-electron chi connectivity index (χ4n) is 10.6. The Bertz CT molecular complexity index is 2660. The van der Waals surface area contributed by atoms with Gasteiger partial charge in [-0.3, -0.25) is 29.2 Å². The minimum Gasteiger partial charge on any atom is -0.508 e. The number of nitrogens with zero attached hydrogens (tertiary/aromatic N) is 6. The highest BCUT2D eigenvalue weighted by Crippen LogP contribution is 2.41. The Labute approximate surface area is 403 Å². The van der Waals surface area contributed by atoms with Gasteiger partial charge in [0.05, 0.1) is 31.9 Å². The molecule has 3 saturated heterocycles. The van der Waals surface area contributed by atoms with Gasteiger partial charge in [0.15, 0.2) is 0 Å². The Morgan fingerprint density at radius 3 is 2.54 bits per heavy atom. The summed E-state index contributed by atoms with van der Waals surface area (Å²) in [4.78, 5) is 91.5. The van der Waals surface area contributed by atoms with Crippen LogP contribution >= 0.6 is 0 Å². The number of cyclic esters (lactones) is 1. The van der Waals surface area contributed by atoms with Crippen LogP contribution in [0, 0.1) is 17.3 Å². The second-order valence-electron chi connectivity index (χ2n) is 20.1. The summed E-state index contributed by atoms with van der Waals surface area (Å²) in [6, 6.07) is 9.54. The van der Waals surface area contributed by atoms with Crippen molar-refractivity contribution >= 4 is 46.6 Å². The number of aromatic hydroxyl groups is 1. The first kappa shape index (κ1) is 48.9. The predicted molar refractivity (Wildman–Crippen MR) is 258 cm³/mol. The number of aryl methyl sites for hydroxylation is 2. The number of likely N-dealkylation sites (tertiary alicyclic amines) is 1. The third kappa shape index (κ3) is 10.0. The maximum Gasteiger partial charge on any atom is 0.330 e. The number of amides is 5. The van der Waals surface area contributed by atoms with Crippen LogP contribution in [-0.4, -0.2) is 141 Å². The third-order valence-electron chi connectivity index (χ3n) is 14.2. The van der Waals surface area contributed by atoms with E-state index >= 15 is 0 Å². The van der Waals surface area contributed by atoms with Crippen molar-refractivity contribution in [3.05, 3.63) is 71.5 Å². The highest BCUT2D eigenvalue weighted by atomic mass is 16.5. The van der Waals surface area contributed by atoms with Crippen molar-refractivity contribution in [2.24, 2.45) is 17.3 Å². The van der Waals surface area contributed by atoms with Crippen LogP contribution in [0.25, 0.3) is 33.3 Å². The van der Waals surface area contributed by atoms with Crippen LogP contribution < -0.4 is 10.7 Å². The van der Waals surface area contributed by atoms with E-state index in [0.717, 1.165) is 45.3 Å². The molecule has 5 atom stereocenters. The molecule has 17 nitrogen and oxygen atoms in total. The molecule has 8 rings (SSSR count). The summed E-state index contributed by atoms with van der Waals surface area (Å²) >= 11 is 0. The maximum absolute atomic E-state index is 14.8. The molecule has 0 spiro atoms. The number of hydrazine groups is 1. The van der Waals surface area contributed by atoms with Crippen molar-refractivity contribution in [1.29, 1.82) is 0 Å². The summed E-state index contributed by atoms with van der Waals surface area (Å²) in [6.45, 7) is 13.8. The van der Waals surface area contributed by atoms with E-state index in [1.807, 2.05) is 38.4 Å². The molecule has 6 heterocycles. The first-order valence-electron chi connectivity index (χ1n) is 24.3. The summed E-state index contributed by atoms with van der Waals surface area (Å²) in [5.74, 6) is -3.32. The molecule has 6 bridgehead atoms. The van der Waals surface area contributed by atoms with Crippen LogP contribution in [-0.2, 0) is 59.3 Å². The molecule has 4 aromatic rings. The van der Waals surface area contributed by atoms with E-state index < -0.39 is 59.3 Å². The number of rotatable bonds is 9. The van der Waals surface area contributed by atoms with Gasteiger partial charge in [-0.1, -0.05) is 46.8 Å². The van der Waals surface area contributed by atoms with Gasteiger partial charge in [-0.2, -0.15) is 0 Å². The summed E-state index contributed by atoms with van der Waals surface area (Å²) in [5, 5.41) is 16.7. The zero-order valence-corrected chi connectivity index (χ0v) is 41.0. The number of phenolic OH excluding ortho intramolecular Hbond substituents is 1. The van der Waals surface area contributed by atoms with E-state index in [2.05, 4.69) is 66.2 Å². The maximum atomic E-state index is 14.8. The molecule has 69 heavy (non-hydrogen) atoms. The minimum absolute atomic E-state index is 0.0154. The van der Waals surface area contributed by atoms with Crippen LogP contribution in [0.15, 0.2) is 54.9 Å². The molecule has 3 N–H and O–H groups in total. The van der Waals surface area contributed by atoms with Gasteiger partial charge in [-0.05, 0) is 103 Å². The van der Waals surface area contributed by atoms with E-state index in [0.29, 0.717) is 44.3 Å². The number of pyridine rings is 1. The summed E-state index contributed by atoms with van der Waals surface area (Å²) in [6.07, 6.45) is 6.42. The van der Waals surface area contributed by atoms with E-state index in [-0.39, 0.29) is 56.3 Å². The fraction of sp³-hybridized carbons (Fsp3) is 0.519. The SMILES string of the molecule is CCc1ccncc1-c1c2c3cc(ccc3n1CC)-c1cc(O)cc(c1)C[C@H](NC(=O)[C@H](C(C)C)N(C)C(=O)[C@H]1CCN(C(=O)N3C[C@H]3C(=O)OC)C1)C(=O)N1CCC[C@H](N1)C(=O)OCC(C)(C)C2. The van der Waals surface area contributed by atoms with Crippen molar-refractivity contribution in [2.75, 3.05) is 46.9 Å². The number of urea groups is 1. The van der Waals surface area contributed by atoms with E-state index in [1.165, 1.54) is 27.5 Å². The first-order chi connectivity index (χ1) is 32.9. The van der Waals surface area contributed by atoms with E-state index in [1.54, 1.807) is 24.1 Å². The van der Waals surface area contributed by atoms with Crippen LogP contribution in [0.3, 0.4) is 0 Å². The van der Waals surface area contributed by atoms with Gasteiger partial charge in [0.1, 0.15) is 29.9 Å². The number of carbonyl (C=O) groups is 6. The lowest BCUT2D eigenvalue weighted by molar-refractivity contribution is -0.155. The molecule has 4 aliphatic heterocycles. The van der Waals surface area contributed by atoms with Gasteiger partial charge in [0.2, 0.25) is 11.8 Å². The molecule has 3 fully saturated rings. The van der Waals surface area contributed by atoms with Crippen molar-refractivity contribution in [1.82, 2.24) is 40.0 Å². The second kappa shape index (κ2) is 19.9. The normalized spacial score (nSPS) is 22.0. The average Bonchev–Trinajstić information content (AvgIpc) is 3.88. The van der Waals surface area contributed by atoms with Crippen LogP contribution in [0.1, 0.15) is 77.5 Å². The molecule has 368 valence electrons. The Morgan fingerprint density at radius 1 is 1.03 bits per heavy atom. The lowest BCUT2D eigenvalue weighted by Crippen LogP contribution is -2.62. The zero-order valence-electron chi connectivity index (χ0n) is 41.0. The van der Waals surface area contributed by atoms with Gasteiger partial charge >= 0.3 is 18.0 Å². The van der Waals surface area contributed by atoms with E-state index in [9.17, 15) is 33.9 Å². The number of esters is 2. The van der Waals surface area contributed by atoms with Gasteiger partial charge < -0.3 is 39.2 Å². The highest BCUT2D eigenvalue weighted by Gasteiger charge is 2.49. The van der Waals surface area contributed by atoms with Gasteiger partial charge in [-0.15, -0.1) is 0 Å². The molecule has 0 saturated carbocycles. The number of likely N-dealkylation sites (N-methyl/N-ethyl adjacent to an activating group) is 1. The molecule has 2 aromatic carbocycles. The Kier molecular flexibility index (Phi) is 14.1. The summed E-state index contributed by atoms with van der Waals surface area (Å²) in [5.41, 5.74) is 10.1. The Morgan fingerprint density at radius 2 is 1.81 bits per heavy atom. The number of methoxy groups -OCH3 is 1. The average molecular weight is 947 g/mol. The molecule has 17 heteroatoms. The number of carbonyl (C=O) groups excluding carboxylic acids is 6. The highest BCUT2D eigenvalue weighted by molar-refractivity contribution is 5.96. The molecule has 2 aromatic heterocycles. The molecule has 5 amide bonds. The summed E-state index contributed by atoms with van der Waals surface area (Å²) in [7, 11) is 2.83. The number of phenols is 1. The van der Waals surface area contributed by atoms with Crippen LogP contribution in [0.4, 0.5) is 4.79 Å². The smallest absolute Gasteiger partial charge is 0.330 e. The number of nitrogens with one attached hydrogen (secondary N) is 2. The van der Waals surface area contributed by atoms with Gasteiger partial charge in [0, 0.05) is 73.9 Å². The first-order valence-corrected chi connectivity index (χ1v) is 24.3. The van der Waals surface area contributed by atoms with Crippen LogP contribution in [0.2, 0.25) is 0 Å².